The number of carbonyl (C=O) groups is 1. The number of aromatic nitrogens is 1. The van der Waals surface area contributed by atoms with Crippen LogP contribution in [-0.4, -0.2) is 49.7 Å². The van der Waals surface area contributed by atoms with Crippen LogP contribution in [0.5, 0.6) is 5.88 Å². The van der Waals surface area contributed by atoms with E-state index in [2.05, 4.69) is 15.6 Å². The fourth-order valence-electron chi connectivity index (χ4n) is 1.26. The molecule has 6 heteroatoms. The van der Waals surface area contributed by atoms with E-state index in [9.17, 15) is 4.79 Å². The van der Waals surface area contributed by atoms with Gasteiger partial charge in [0.1, 0.15) is 5.82 Å². The fourth-order valence-corrected chi connectivity index (χ4v) is 1.26. The van der Waals surface area contributed by atoms with Gasteiger partial charge in [0.25, 0.3) is 0 Å². The second-order valence-electron chi connectivity index (χ2n) is 3.85. The number of ether oxygens (including phenoxy) is 1. The highest BCUT2D eigenvalue weighted by molar-refractivity contribution is 5.73. The molecule has 0 spiro atoms. The summed E-state index contributed by atoms with van der Waals surface area (Å²) < 4.78 is 5.29. The minimum Gasteiger partial charge on any atom is -0.478 e. The quantitative estimate of drug-likeness (QED) is 0.746. The Morgan fingerprint density at radius 2 is 2.17 bits per heavy atom. The van der Waals surface area contributed by atoms with Crippen molar-refractivity contribution in [3.8, 4) is 5.88 Å². The van der Waals surface area contributed by atoms with Crippen molar-refractivity contribution >= 4 is 11.8 Å². The molecule has 6 nitrogen and oxygen atoms in total. The predicted octanol–water partition coefficient (Wildman–Crippen LogP) is 1.16. The first kappa shape index (κ1) is 14.1. The van der Waals surface area contributed by atoms with Gasteiger partial charge in [0.15, 0.2) is 0 Å². The highest BCUT2D eigenvalue weighted by atomic mass is 16.5. The molecule has 0 saturated heterocycles. The van der Waals surface area contributed by atoms with E-state index in [-0.39, 0.29) is 6.03 Å². The van der Waals surface area contributed by atoms with Gasteiger partial charge in [-0.1, -0.05) is 6.07 Å². The summed E-state index contributed by atoms with van der Waals surface area (Å²) in [5, 5.41) is 5.87. The molecule has 0 fully saturated rings. The van der Waals surface area contributed by atoms with Crippen LogP contribution in [0.15, 0.2) is 18.2 Å². The standard InChI is InChI=1S/C12H20N4O2/c1-4-18-11-7-5-6-10(15-11)13-8-9-14-12(17)16(2)3/h5-7H,4,8-9H2,1-3H3,(H,13,15)(H,14,17). The summed E-state index contributed by atoms with van der Waals surface area (Å²) in [6, 6.07) is 5.44. The number of hydrogen-bond acceptors (Lipinski definition) is 4. The molecule has 2 N–H and O–H groups in total. The molecule has 100 valence electrons. The Kier molecular flexibility index (Phi) is 5.76. The zero-order chi connectivity index (χ0) is 13.4. The second-order valence-corrected chi connectivity index (χ2v) is 3.85. The summed E-state index contributed by atoms with van der Waals surface area (Å²) in [4.78, 5) is 17.0. The molecule has 2 amide bonds. The molecular weight excluding hydrogens is 232 g/mol. The molecule has 1 aromatic rings. The molecule has 18 heavy (non-hydrogen) atoms. The smallest absolute Gasteiger partial charge is 0.316 e. The van der Waals surface area contributed by atoms with Gasteiger partial charge in [-0.25, -0.2) is 4.79 Å². The van der Waals surface area contributed by atoms with E-state index in [4.69, 9.17) is 4.74 Å². The molecule has 1 aromatic heterocycles. The summed E-state index contributed by atoms with van der Waals surface area (Å²) in [6.07, 6.45) is 0. The van der Waals surface area contributed by atoms with Gasteiger partial charge in [0, 0.05) is 33.3 Å². The molecule has 0 radical (unpaired) electrons. The molecule has 0 aromatic carbocycles. The lowest BCUT2D eigenvalue weighted by atomic mass is 10.4. The zero-order valence-electron chi connectivity index (χ0n) is 11.1. The van der Waals surface area contributed by atoms with Crippen molar-refractivity contribution in [2.45, 2.75) is 6.92 Å². The number of hydrogen-bond donors (Lipinski definition) is 2. The van der Waals surface area contributed by atoms with Crippen LogP contribution in [-0.2, 0) is 0 Å². The molecule has 0 aliphatic heterocycles. The van der Waals surface area contributed by atoms with Crippen LogP contribution in [0, 0.1) is 0 Å². The first-order chi connectivity index (χ1) is 8.63. The van der Waals surface area contributed by atoms with Crippen molar-refractivity contribution in [3.63, 3.8) is 0 Å². The van der Waals surface area contributed by atoms with Crippen LogP contribution in [0.2, 0.25) is 0 Å². The highest BCUT2D eigenvalue weighted by Crippen LogP contribution is 2.10. The summed E-state index contributed by atoms with van der Waals surface area (Å²) >= 11 is 0. The van der Waals surface area contributed by atoms with Crippen LogP contribution in [0.1, 0.15) is 6.92 Å². The Bertz CT molecular complexity index is 382. The minimum absolute atomic E-state index is 0.104. The monoisotopic (exact) mass is 252 g/mol. The third-order valence-corrected chi connectivity index (χ3v) is 2.13. The topological polar surface area (TPSA) is 66.5 Å². The van der Waals surface area contributed by atoms with E-state index in [0.29, 0.717) is 25.6 Å². The van der Waals surface area contributed by atoms with E-state index < -0.39 is 0 Å². The molecule has 0 saturated carbocycles. The van der Waals surface area contributed by atoms with Gasteiger partial charge in [-0.3, -0.25) is 0 Å². The lowest BCUT2D eigenvalue weighted by molar-refractivity contribution is 0.218. The Balaban J connectivity index is 2.30. The Labute approximate surface area is 107 Å². The highest BCUT2D eigenvalue weighted by Gasteiger charge is 2.01. The Morgan fingerprint density at radius 1 is 1.39 bits per heavy atom. The molecule has 0 aliphatic rings. The summed E-state index contributed by atoms with van der Waals surface area (Å²) in [5.41, 5.74) is 0. The number of pyridine rings is 1. The SMILES string of the molecule is CCOc1cccc(NCCNC(=O)N(C)C)n1. The summed E-state index contributed by atoms with van der Waals surface area (Å²) in [5.74, 6) is 1.33. The van der Waals surface area contributed by atoms with Crippen LogP contribution < -0.4 is 15.4 Å². The van der Waals surface area contributed by atoms with Crippen molar-refractivity contribution < 1.29 is 9.53 Å². The number of anilines is 1. The van der Waals surface area contributed by atoms with Crippen LogP contribution >= 0.6 is 0 Å². The molecular formula is C12H20N4O2. The van der Waals surface area contributed by atoms with Crippen molar-refractivity contribution in [2.24, 2.45) is 0 Å². The minimum atomic E-state index is -0.104. The van der Waals surface area contributed by atoms with Gasteiger partial charge < -0.3 is 20.3 Å². The van der Waals surface area contributed by atoms with E-state index in [1.54, 1.807) is 14.1 Å². The Morgan fingerprint density at radius 3 is 2.83 bits per heavy atom. The van der Waals surface area contributed by atoms with Crippen LogP contribution in [0.3, 0.4) is 0 Å². The van der Waals surface area contributed by atoms with Gasteiger partial charge in [-0.05, 0) is 13.0 Å². The second kappa shape index (κ2) is 7.37. The molecule has 0 bridgehead atoms. The number of urea groups is 1. The van der Waals surface area contributed by atoms with Crippen LogP contribution in [0.4, 0.5) is 10.6 Å². The van der Waals surface area contributed by atoms with Crippen molar-refractivity contribution in [3.05, 3.63) is 18.2 Å². The first-order valence-corrected chi connectivity index (χ1v) is 5.92. The van der Waals surface area contributed by atoms with Gasteiger partial charge >= 0.3 is 6.03 Å². The Hall–Kier alpha value is -1.98. The number of nitrogens with one attached hydrogen (secondary N) is 2. The maximum Gasteiger partial charge on any atom is 0.316 e. The average Bonchev–Trinajstić information content (AvgIpc) is 2.35. The number of amides is 2. The van der Waals surface area contributed by atoms with Crippen molar-refractivity contribution in [2.75, 3.05) is 39.1 Å². The molecule has 0 unspecified atom stereocenters. The lowest BCUT2D eigenvalue weighted by Crippen LogP contribution is -2.37. The number of carbonyl (C=O) groups excluding carboxylic acids is 1. The van der Waals surface area contributed by atoms with Crippen molar-refractivity contribution in [1.82, 2.24) is 15.2 Å². The third kappa shape index (κ3) is 4.90. The average molecular weight is 252 g/mol. The normalized spacial score (nSPS) is 9.72. The fraction of sp³-hybridized carbons (Fsp3) is 0.500. The lowest BCUT2D eigenvalue weighted by Gasteiger charge is -2.12. The van der Waals surface area contributed by atoms with E-state index in [1.807, 2.05) is 25.1 Å². The van der Waals surface area contributed by atoms with E-state index in [1.165, 1.54) is 4.90 Å². The summed E-state index contributed by atoms with van der Waals surface area (Å²) in [7, 11) is 3.41. The van der Waals surface area contributed by atoms with Gasteiger partial charge in [0.05, 0.1) is 6.61 Å². The number of nitrogens with zero attached hydrogens (tertiary/aromatic N) is 2. The predicted molar refractivity (Wildman–Crippen MR) is 71.0 cm³/mol. The largest absolute Gasteiger partial charge is 0.478 e. The molecule has 0 atom stereocenters. The first-order valence-electron chi connectivity index (χ1n) is 5.92. The van der Waals surface area contributed by atoms with Gasteiger partial charge in [0.2, 0.25) is 5.88 Å². The van der Waals surface area contributed by atoms with E-state index in [0.717, 1.165) is 5.82 Å². The van der Waals surface area contributed by atoms with Gasteiger partial charge in [-0.15, -0.1) is 0 Å². The molecule has 1 rings (SSSR count). The van der Waals surface area contributed by atoms with Crippen LogP contribution in [0.25, 0.3) is 0 Å². The maximum atomic E-state index is 11.2. The maximum absolute atomic E-state index is 11.2. The molecule has 0 aliphatic carbocycles. The summed E-state index contributed by atoms with van der Waals surface area (Å²) in [6.45, 7) is 3.66. The number of rotatable bonds is 6. The zero-order valence-corrected chi connectivity index (χ0v) is 11.1. The van der Waals surface area contributed by atoms with Crippen molar-refractivity contribution in [1.29, 1.82) is 0 Å². The van der Waals surface area contributed by atoms with Gasteiger partial charge in [-0.2, -0.15) is 4.98 Å². The third-order valence-electron chi connectivity index (χ3n) is 2.13. The molecule has 1 heterocycles. The van der Waals surface area contributed by atoms with E-state index >= 15 is 0 Å².